The summed E-state index contributed by atoms with van der Waals surface area (Å²) < 4.78 is 31.7. The minimum atomic E-state index is -5.08. The summed E-state index contributed by atoms with van der Waals surface area (Å²) in [6.07, 6.45) is 2.11. The lowest BCUT2D eigenvalue weighted by atomic mass is 10.0. The number of aliphatic carboxylic acids is 1. The van der Waals surface area contributed by atoms with Gasteiger partial charge in [-0.1, -0.05) is 43.4 Å². The van der Waals surface area contributed by atoms with Crippen LogP contribution in [0.3, 0.4) is 0 Å². The molecule has 0 bridgehead atoms. The molecular weight excluding hydrogens is 475 g/mol. The Morgan fingerprint density at radius 3 is 2.21 bits per heavy atom. The van der Waals surface area contributed by atoms with Crippen LogP contribution in [-0.4, -0.2) is 77.6 Å². The Bertz CT molecular complexity index is 824. The van der Waals surface area contributed by atoms with Gasteiger partial charge in [0.05, 0.1) is 0 Å². The first-order chi connectivity index (χ1) is 16.1. The zero-order chi connectivity index (χ0) is 25.1. The number of piperazine rings is 1. The van der Waals surface area contributed by atoms with Gasteiger partial charge in [-0.15, -0.1) is 0 Å². The summed E-state index contributed by atoms with van der Waals surface area (Å²) in [6.45, 7) is 3.69. The Morgan fingerprint density at radius 2 is 1.68 bits per heavy atom. The van der Waals surface area contributed by atoms with E-state index in [2.05, 4.69) is 5.32 Å². The Hall–Kier alpha value is -2.33. The van der Waals surface area contributed by atoms with Gasteiger partial charge in [-0.05, 0) is 31.0 Å². The van der Waals surface area contributed by atoms with Crippen LogP contribution in [0, 0.1) is 0 Å². The molecule has 0 atom stereocenters. The van der Waals surface area contributed by atoms with Crippen LogP contribution < -0.4 is 5.32 Å². The van der Waals surface area contributed by atoms with Crippen molar-refractivity contribution in [2.24, 2.45) is 0 Å². The van der Waals surface area contributed by atoms with Gasteiger partial charge in [-0.25, -0.2) is 4.79 Å². The van der Waals surface area contributed by atoms with Gasteiger partial charge in [0.25, 0.3) is 5.91 Å². The van der Waals surface area contributed by atoms with Crippen LogP contribution in [0.5, 0.6) is 0 Å². The summed E-state index contributed by atoms with van der Waals surface area (Å²) in [5, 5.41) is 11.0. The van der Waals surface area contributed by atoms with Crippen LogP contribution in [0.1, 0.15) is 55.3 Å². The van der Waals surface area contributed by atoms with Gasteiger partial charge >= 0.3 is 12.1 Å². The van der Waals surface area contributed by atoms with Crippen molar-refractivity contribution in [1.82, 2.24) is 15.1 Å². The average molecular weight is 506 g/mol. The molecule has 34 heavy (non-hydrogen) atoms. The predicted octanol–water partition coefficient (Wildman–Crippen LogP) is 3.96. The van der Waals surface area contributed by atoms with Gasteiger partial charge in [0, 0.05) is 55.8 Å². The highest BCUT2D eigenvalue weighted by atomic mass is 35.5. The first kappa shape index (κ1) is 27.9. The third-order valence-electron chi connectivity index (χ3n) is 5.88. The Labute approximate surface area is 202 Å². The summed E-state index contributed by atoms with van der Waals surface area (Å²) in [5.74, 6) is -2.61. The number of nitrogens with one attached hydrogen (secondary N) is 1. The van der Waals surface area contributed by atoms with E-state index in [1.807, 2.05) is 21.9 Å². The standard InChI is InChI=1S/C21H30ClN3O2.C2HF3O2/c22-18-7-5-6-17(16-18)21(27)25(19-8-3-1-2-4-9-19)13-10-20(26)24-14-11-23-12-15-24;3-2(4,5)1(6)7/h5-7,16,19,23H,1-4,8-15H2;(H,6,7). The van der Waals surface area contributed by atoms with E-state index in [4.69, 9.17) is 21.5 Å². The van der Waals surface area contributed by atoms with Crippen molar-refractivity contribution >= 4 is 29.4 Å². The maximum atomic E-state index is 13.2. The van der Waals surface area contributed by atoms with E-state index in [0.717, 1.165) is 51.9 Å². The predicted molar refractivity (Wildman–Crippen MR) is 122 cm³/mol. The van der Waals surface area contributed by atoms with Crippen LogP contribution in [0.2, 0.25) is 5.02 Å². The zero-order valence-corrected chi connectivity index (χ0v) is 19.7. The first-order valence-electron chi connectivity index (χ1n) is 11.4. The molecule has 190 valence electrons. The van der Waals surface area contributed by atoms with Crippen LogP contribution in [0.15, 0.2) is 24.3 Å². The molecule has 1 heterocycles. The summed E-state index contributed by atoms with van der Waals surface area (Å²) in [5.41, 5.74) is 0.612. The first-order valence-corrected chi connectivity index (χ1v) is 11.8. The van der Waals surface area contributed by atoms with E-state index in [-0.39, 0.29) is 17.9 Å². The van der Waals surface area contributed by atoms with E-state index < -0.39 is 12.1 Å². The molecule has 0 aromatic heterocycles. The fraction of sp³-hybridized carbons (Fsp3) is 0.609. The molecule has 2 amide bonds. The smallest absolute Gasteiger partial charge is 0.475 e. The molecule has 11 heteroatoms. The topological polar surface area (TPSA) is 90.0 Å². The fourth-order valence-electron chi connectivity index (χ4n) is 4.10. The highest BCUT2D eigenvalue weighted by Gasteiger charge is 2.38. The fourth-order valence-corrected chi connectivity index (χ4v) is 4.29. The SMILES string of the molecule is O=C(CCN(C(=O)c1cccc(Cl)c1)C1CCCCCC1)N1CCNCC1.O=C(O)C(F)(F)F. The van der Waals surface area contributed by atoms with Crippen molar-refractivity contribution in [2.75, 3.05) is 32.7 Å². The number of hydrogen-bond acceptors (Lipinski definition) is 4. The molecule has 0 radical (unpaired) electrons. The van der Waals surface area contributed by atoms with Gasteiger partial charge in [-0.2, -0.15) is 13.2 Å². The molecular formula is C23H31ClF3N3O4. The number of rotatable bonds is 5. The molecule has 0 unspecified atom stereocenters. The maximum absolute atomic E-state index is 13.2. The van der Waals surface area contributed by atoms with E-state index in [1.165, 1.54) is 12.8 Å². The number of carbonyl (C=O) groups excluding carboxylic acids is 2. The molecule has 3 rings (SSSR count). The molecule has 1 aromatic carbocycles. The van der Waals surface area contributed by atoms with Crippen molar-refractivity contribution in [3.8, 4) is 0 Å². The van der Waals surface area contributed by atoms with Crippen LogP contribution in [0.4, 0.5) is 13.2 Å². The summed E-state index contributed by atoms with van der Waals surface area (Å²) in [6, 6.07) is 7.35. The number of nitrogens with zero attached hydrogens (tertiary/aromatic N) is 2. The van der Waals surface area contributed by atoms with Crippen LogP contribution in [0.25, 0.3) is 0 Å². The lowest BCUT2D eigenvalue weighted by Crippen LogP contribution is -2.48. The number of hydrogen-bond donors (Lipinski definition) is 2. The van der Waals surface area contributed by atoms with Gasteiger partial charge in [0.2, 0.25) is 5.91 Å². The number of alkyl halides is 3. The molecule has 1 saturated heterocycles. The maximum Gasteiger partial charge on any atom is 0.490 e. The second-order valence-corrected chi connectivity index (χ2v) is 8.77. The lowest BCUT2D eigenvalue weighted by Gasteiger charge is -2.33. The highest BCUT2D eigenvalue weighted by molar-refractivity contribution is 6.30. The molecule has 1 aliphatic carbocycles. The van der Waals surface area contributed by atoms with Crippen molar-refractivity contribution < 1.29 is 32.7 Å². The van der Waals surface area contributed by atoms with Crippen LogP contribution >= 0.6 is 11.6 Å². The monoisotopic (exact) mass is 505 g/mol. The minimum absolute atomic E-state index is 0.00230. The minimum Gasteiger partial charge on any atom is -0.475 e. The number of carboxylic acid groups (broad SMARTS) is 1. The molecule has 2 fully saturated rings. The van der Waals surface area contributed by atoms with Gasteiger partial charge in [0.15, 0.2) is 0 Å². The zero-order valence-electron chi connectivity index (χ0n) is 19.0. The molecule has 7 nitrogen and oxygen atoms in total. The lowest BCUT2D eigenvalue weighted by molar-refractivity contribution is -0.192. The number of carbonyl (C=O) groups is 3. The van der Waals surface area contributed by atoms with Crippen molar-refractivity contribution in [1.29, 1.82) is 0 Å². The normalized spacial score (nSPS) is 17.2. The molecule has 2 aliphatic rings. The number of halogens is 4. The quantitative estimate of drug-likeness (QED) is 0.591. The van der Waals surface area contributed by atoms with Gasteiger partial charge in [0.1, 0.15) is 0 Å². The Balaban J connectivity index is 0.000000509. The summed E-state index contributed by atoms with van der Waals surface area (Å²) in [4.78, 5) is 38.6. The largest absolute Gasteiger partial charge is 0.490 e. The van der Waals surface area contributed by atoms with Crippen molar-refractivity contribution in [3.05, 3.63) is 34.9 Å². The van der Waals surface area contributed by atoms with Crippen molar-refractivity contribution in [2.45, 2.75) is 57.2 Å². The summed E-state index contributed by atoms with van der Waals surface area (Å²) >= 11 is 6.10. The molecule has 1 aromatic rings. The van der Waals surface area contributed by atoms with Gasteiger partial charge < -0.3 is 20.2 Å². The van der Waals surface area contributed by atoms with Crippen LogP contribution in [-0.2, 0) is 9.59 Å². The third kappa shape index (κ3) is 9.13. The Morgan fingerprint density at radius 1 is 1.09 bits per heavy atom. The number of benzene rings is 1. The van der Waals surface area contributed by atoms with E-state index >= 15 is 0 Å². The summed E-state index contributed by atoms with van der Waals surface area (Å²) in [7, 11) is 0. The highest BCUT2D eigenvalue weighted by Crippen LogP contribution is 2.24. The number of amides is 2. The van der Waals surface area contributed by atoms with E-state index in [0.29, 0.717) is 23.6 Å². The van der Waals surface area contributed by atoms with E-state index in [1.54, 1.807) is 12.1 Å². The molecule has 0 spiro atoms. The third-order valence-corrected chi connectivity index (χ3v) is 6.11. The van der Waals surface area contributed by atoms with Crippen molar-refractivity contribution in [3.63, 3.8) is 0 Å². The number of carboxylic acids is 1. The second-order valence-electron chi connectivity index (χ2n) is 8.34. The van der Waals surface area contributed by atoms with Gasteiger partial charge in [-0.3, -0.25) is 9.59 Å². The Kier molecular flexibility index (Phi) is 11.1. The average Bonchev–Trinajstić information content (AvgIpc) is 3.09. The molecule has 2 N–H and O–H groups in total. The molecule has 1 aliphatic heterocycles. The second kappa shape index (κ2) is 13.5. The molecule has 1 saturated carbocycles. The van der Waals surface area contributed by atoms with E-state index in [9.17, 15) is 22.8 Å².